The van der Waals surface area contributed by atoms with Crippen LogP contribution >= 0.6 is 11.6 Å². The maximum atomic E-state index is 10.9. The van der Waals surface area contributed by atoms with Crippen LogP contribution in [0.3, 0.4) is 0 Å². The molecule has 1 N–H and O–H groups in total. The number of hydrogen-bond donors (Lipinski definition) is 1. The van der Waals surface area contributed by atoms with E-state index in [1.54, 1.807) is 13.0 Å². The van der Waals surface area contributed by atoms with Crippen molar-refractivity contribution in [3.8, 4) is 0 Å². The smallest absolute Gasteiger partial charge is 0.224 e. The van der Waals surface area contributed by atoms with Crippen LogP contribution in [0.1, 0.15) is 6.92 Å². The van der Waals surface area contributed by atoms with E-state index in [0.29, 0.717) is 12.4 Å². The summed E-state index contributed by atoms with van der Waals surface area (Å²) in [6.45, 7) is 5.77. The minimum Gasteiger partial charge on any atom is -0.352 e. The van der Waals surface area contributed by atoms with Gasteiger partial charge in [-0.25, -0.2) is 0 Å². The number of rotatable bonds is 4. The highest BCUT2D eigenvalue weighted by molar-refractivity contribution is 6.19. The molecule has 0 heterocycles. The molecule has 0 aliphatic heterocycles. The molecule has 0 aromatic carbocycles. The minimum absolute atomic E-state index is 0.0186. The summed E-state index contributed by atoms with van der Waals surface area (Å²) < 4.78 is 0. The molecule has 0 spiro atoms. The molecule has 0 saturated heterocycles. The zero-order chi connectivity index (χ0) is 7.98. The third kappa shape index (κ3) is 3.51. The lowest BCUT2D eigenvalue weighted by molar-refractivity contribution is -0.123. The zero-order valence-corrected chi connectivity index (χ0v) is 6.82. The van der Waals surface area contributed by atoms with Gasteiger partial charge in [0.2, 0.25) is 5.91 Å². The molecule has 1 atom stereocenters. The highest BCUT2D eigenvalue weighted by Gasteiger charge is 2.08. The van der Waals surface area contributed by atoms with Crippen molar-refractivity contribution in [1.29, 1.82) is 0 Å². The number of halogens is 1. The number of nitrogens with one attached hydrogen (secondary N) is 1. The molecular formula is C7H12ClNO. The Morgan fingerprint density at radius 2 is 2.50 bits per heavy atom. The lowest BCUT2D eigenvalue weighted by atomic mass is 10.2. The van der Waals surface area contributed by atoms with Gasteiger partial charge in [0, 0.05) is 18.3 Å². The predicted octanol–water partition coefficient (Wildman–Crippen LogP) is 1.16. The lowest BCUT2D eigenvalue weighted by Crippen LogP contribution is -2.29. The van der Waals surface area contributed by atoms with Crippen LogP contribution in [-0.4, -0.2) is 18.3 Å². The van der Waals surface area contributed by atoms with Gasteiger partial charge in [0.1, 0.15) is 0 Å². The summed E-state index contributed by atoms with van der Waals surface area (Å²) >= 11 is 5.44. The average Bonchev–Trinajstić information content (AvgIpc) is 1.98. The molecule has 2 nitrogen and oxygen atoms in total. The fourth-order valence-electron chi connectivity index (χ4n) is 0.417. The zero-order valence-electron chi connectivity index (χ0n) is 6.06. The highest BCUT2D eigenvalue weighted by atomic mass is 35.5. The monoisotopic (exact) mass is 161 g/mol. The second-order valence-corrected chi connectivity index (χ2v) is 2.40. The fraction of sp³-hybridized carbons (Fsp3) is 0.571. The molecule has 10 heavy (non-hydrogen) atoms. The molecular weight excluding hydrogens is 150 g/mol. The Morgan fingerprint density at radius 1 is 1.90 bits per heavy atom. The summed E-state index contributed by atoms with van der Waals surface area (Å²) in [6.07, 6.45) is 1.64. The van der Waals surface area contributed by atoms with E-state index in [1.807, 2.05) is 0 Å². The second-order valence-electron chi connectivity index (χ2n) is 2.09. The van der Waals surface area contributed by atoms with Gasteiger partial charge < -0.3 is 5.32 Å². The topological polar surface area (TPSA) is 29.1 Å². The average molecular weight is 162 g/mol. The van der Waals surface area contributed by atoms with Crippen molar-refractivity contribution in [3.05, 3.63) is 12.7 Å². The summed E-state index contributed by atoms with van der Waals surface area (Å²) in [5.74, 6) is 0.236. The van der Waals surface area contributed by atoms with Crippen molar-refractivity contribution < 1.29 is 4.79 Å². The maximum absolute atomic E-state index is 10.9. The Labute approximate surface area is 66.3 Å². The van der Waals surface area contributed by atoms with Crippen molar-refractivity contribution in [2.45, 2.75) is 6.92 Å². The summed E-state index contributed by atoms with van der Waals surface area (Å²) in [5, 5.41) is 2.64. The molecule has 1 unspecified atom stereocenters. The second kappa shape index (κ2) is 5.30. The van der Waals surface area contributed by atoms with Gasteiger partial charge in [0.05, 0.1) is 0 Å². The lowest BCUT2D eigenvalue weighted by Gasteiger charge is -2.05. The standard InChI is InChI=1S/C7H12ClNO/c1-3-4-9-7(10)6(2)5-8/h3,6H,1,4-5H2,2H3,(H,9,10). The van der Waals surface area contributed by atoms with E-state index in [1.165, 1.54) is 0 Å². The van der Waals surface area contributed by atoms with Crippen LogP contribution in [0.25, 0.3) is 0 Å². The molecule has 0 rings (SSSR count). The molecule has 0 bridgehead atoms. The van der Waals surface area contributed by atoms with E-state index in [9.17, 15) is 4.79 Å². The SMILES string of the molecule is C=CCNC(=O)C(C)CCl. The van der Waals surface area contributed by atoms with Crippen LogP contribution in [0, 0.1) is 5.92 Å². The van der Waals surface area contributed by atoms with Crippen LogP contribution in [0.15, 0.2) is 12.7 Å². The van der Waals surface area contributed by atoms with Gasteiger partial charge >= 0.3 is 0 Å². The molecule has 0 saturated carbocycles. The van der Waals surface area contributed by atoms with Crippen molar-refractivity contribution >= 4 is 17.5 Å². The van der Waals surface area contributed by atoms with Crippen molar-refractivity contribution in [2.75, 3.05) is 12.4 Å². The Morgan fingerprint density at radius 3 is 2.90 bits per heavy atom. The summed E-state index contributed by atoms with van der Waals surface area (Å²) in [4.78, 5) is 10.9. The van der Waals surface area contributed by atoms with Gasteiger partial charge in [-0.05, 0) is 0 Å². The first-order chi connectivity index (χ1) is 4.72. The molecule has 0 aromatic rings. The van der Waals surface area contributed by atoms with Crippen LogP contribution in [0.4, 0.5) is 0 Å². The summed E-state index contributed by atoms with van der Waals surface area (Å²) in [7, 11) is 0. The Kier molecular flexibility index (Phi) is 5.03. The van der Waals surface area contributed by atoms with E-state index in [2.05, 4.69) is 11.9 Å². The van der Waals surface area contributed by atoms with Crippen LogP contribution < -0.4 is 5.32 Å². The van der Waals surface area contributed by atoms with Gasteiger partial charge in [-0.3, -0.25) is 4.79 Å². The van der Waals surface area contributed by atoms with Gasteiger partial charge in [-0.1, -0.05) is 13.0 Å². The Balaban J connectivity index is 3.51. The molecule has 0 aliphatic carbocycles. The fourth-order valence-corrected chi connectivity index (χ4v) is 0.557. The first-order valence-corrected chi connectivity index (χ1v) is 3.70. The molecule has 58 valence electrons. The number of carbonyl (C=O) groups excluding carboxylic acids is 1. The van der Waals surface area contributed by atoms with Crippen molar-refractivity contribution in [2.24, 2.45) is 5.92 Å². The van der Waals surface area contributed by atoms with Crippen molar-refractivity contribution in [1.82, 2.24) is 5.32 Å². The summed E-state index contributed by atoms with van der Waals surface area (Å²) in [6, 6.07) is 0. The first kappa shape index (κ1) is 9.50. The third-order valence-electron chi connectivity index (χ3n) is 1.10. The quantitative estimate of drug-likeness (QED) is 0.487. The molecule has 0 aromatic heterocycles. The first-order valence-electron chi connectivity index (χ1n) is 3.17. The van der Waals surface area contributed by atoms with E-state index < -0.39 is 0 Å². The van der Waals surface area contributed by atoms with Gasteiger partial charge in [0.25, 0.3) is 0 Å². The normalized spacial score (nSPS) is 12.2. The predicted molar refractivity (Wildman–Crippen MR) is 43.1 cm³/mol. The highest BCUT2D eigenvalue weighted by Crippen LogP contribution is 1.96. The van der Waals surface area contributed by atoms with Gasteiger partial charge in [0.15, 0.2) is 0 Å². The van der Waals surface area contributed by atoms with Gasteiger partial charge in [-0.2, -0.15) is 0 Å². The molecule has 1 amide bonds. The number of hydrogen-bond acceptors (Lipinski definition) is 1. The number of amides is 1. The number of carbonyl (C=O) groups is 1. The number of alkyl halides is 1. The van der Waals surface area contributed by atoms with Crippen molar-refractivity contribution in [3.63, 3.8) is 0 Å². The van der Waals surface area contributed by atoms with E-state index in [0.717, 1.165) is 0 Å². The molecule has 3 heteroatoms. The summed E-state index contributed by atoms with van der Waals surface area (Å²) in [5.41, 5.74) is 0. The maximum Gasteiger partial charge on any atom is 0.224 e. The van der Waals surface area contributed by atoms with Gasteiger partial charge in [-0.15, -0.1) is 18.2 Å². The van der Waals surface area contributed by atoms with Crippen LogP contribution in [-0.2, 0) is 4.79 Å². The third-order valence-corrected chi connectivity index (χ3v) is 1.56. The van der Waals surface area contributed by atoms with Crippen LogP contribution in [0.5, 0.6) is 0 Å². The van der Waals surface area contributed by atoms with E-state index >= 15 is 0 Å². The van der Waals surface area contributed by atoms with Crippen LogP contribution in [0.2, 0.25) is 0 Å². The van der Waals surface area contributed by atoms with E-state index in [-0.39, 0.29) is 11.8 Å². The minimum atomic E-state index is -0.110. The molecule has 0 fully saturated rings. The van der Waals surface area contributed by atoms with E-state index in [4.69, 9.17) is 11.6 Å². The largest absolute Gasteiger partial charge is 0.352 e. The Hall–Kier alpha value is -0.500. The molecule has 0 aliphatic rings. The molecule has 0 radical (unpaired) electrons. The Bertz CT molecular complexity index is 125.